The van der Waals surface area contributed by atoms with Crippen LogP contribution in [0.2, 0.25) is 0 Å². The predicted molar refractivity (Wildman–Crippen MR) is 74.6 cm³/mol. The molecule has 0 aliphatic carbocycles. The zero-order valence-corrected chi connectivity index (χ0v) is 11.6. The van der Waals surface area contributed by atoms with Crippen molar-refractivity contribution in [1.82, 2.24) is 5.32 Å². The van der Waals surface area contributed by atoms with Crippen molar-refractivity contribution < 1.29 is 9.00 Å². The van der Waals surface area contributed by atoms with E-state index in [1.165, 1.54) is 0 Å². The van der Waals surface area contributed by atoms with Crippen LogP contribution in [0.3, 0.4) is 0 Å². The van der Waals surface area contributed by atoms with Crippen LogP contribution in [0.1, 0.15) is 18.1 Å². The SMILES string of the molecule is CC(CS(C)=O)NC(=O)Cc1ccc(CN)cc1. The first-order valence-electron chi connectivity index (χ1n) is 5.88. The van der Waals surface area contributed by atoms with Crippen LogP contribution in [-0.4, -0.2) is 28.2 Å². The molecule has 1 amide bonds. The second kappa shape index (κ2) is 7.28. The van der Waals surface area contributed by atoms with Gasteiger partial charge in [-0.2, -0.15) is 0 Å². The highest BCUT2D eigenvalue weighted by atomic mass is 32.2. The maximum Gasteiger partial charge on any atom is 0.224 e. The molecule has 1 rings (SSSR count). The van der Waals surface area contributed by atoms with Crippen LogP contribution in [0.4, 0.5) is 0 Å². The third-order valence-corrected chi connectivity index (χ3v) is 3.48. The predicted octanol–water partition coefficient (Wildman–Crippen LogP) is 0.571. The highest BCUT2D eigenvalue weighted by Gasteiger charge is 2.09. The lowest BCUT2D eigenvalue weighted by Crippen LogP contribution is -2.37. The van der Waals surface area contributed by atoms with E-state index in [1.807, 2.05) is 31.2 Å². The zero-order valence-electron chi connectivity index (χ0n) is 10.8. The summed E-state index contributed by atoms with van der Waals surface area (Å²) in [4.78, 5) is 11.7. The summed E-state index contributed by atoms with van der Waals surface area (Å²) in [6.45, 7) is 2.36. The topological polar surface area (TPSA) is 72.2 Å². The summed E-state index contributed by atoms with van der Waals surface area (Å²) in [6.07, 6.45) is 1.97. The van der Waals surface area contributed by atoms with Crippen LogP contribution < -0.4 is 11.1 Å². The standard InChI is InChI=1S/C13H20N2O2S/c1-10(9-18(2)17)15-13(16)7-11-3-5-12(8-14)6-4-11/h3-6,10H,7-9,14H2,1-2H3,(H,15,16). The quantitative estimate of drug-likeness (QED) is 0.792. The second-order valence-corrected chi connectivity index (χ2v) is 5.89. The molecular formula is C13H20N2O2S. The molecule has 0 aliphatic heterocycles. The summed E-state index contributed by atoms with van der Waals surface area (Å²) >= 11 is 0. The summed E-state index contributed by atoms with van der Waals surface area (Å²) in [5.74, 6) is 0.436. The summed E-state index contributed by atoms with van der Waals surface area (Å²) in [7, 11) is -0.892. The van der Waals surface area contributed by atoms with Crippen molar-refractivity contribution in [2.45, 2.75) is 25.9 Å². The van der Waals surface area contributed by atoms with Gasteiger partial charge < -0.3 is 11.1 Å². The Bertz CT molecular complexity index is 418. The molecule has 0 spiro atoms. The Morgan fingerprint density at radius 3 is 2.39 bits per heavy atom. The molecule has 2 unspecified atom stereocenters. The summed E-state index contributed by atoms with van der Waals surface area (Å²) in [5.41, 5.74) is 7.51. The van der Waals surface area contributed by atoms with Gasteiger partial charge in [-0.25, -0.2) is 0 Å². The van der Waals surface area contributed by atoms with Gasteiger partial charge in [-0.3, -0.25) is 9.00 Å². The normalized spacial score (nSPS) is 13.9. The van der Waals surface area contributed by atoms with Gasteiger partial charge in [-0.15, -0.1) is 0 Å². The Kier molecular flexibility index (Phi) is 6.01. The molecule has 0 saturated carbocycles. The molecule has 18 heavy (non-hydrogen) atoms. The number of carbonyl (C=O) groups excluding carboxylic acids is 1. The molecule has 2 atom stereocenters. The van der Waals surface area contributed by atoms with E-state index in [1.54, 1.807) is 6.26 Å². The summed E-state index contributed by atoms with van der Waals surface area (Å²) < 4.78 is 11.0. The first kappa shape index (κ1) is 14.9. The fourth-order valence-corrected chi connectivity index (χ4v) is 2.49. The zero-order chi connectivity index (χ0) is 13.5. The molecule has 4 nitrogen and oxygen atoms in total. The van der Waals surface area contributed by atoms with Crippen LogP contribution in [-0.2, 0) is 28.6 Å². The van der Waals surface area contributed by atoms with Gasteiger partial charge in [-0.05, 0) is 18.1 Å². The molecule has 0 saturated heterocycles. The van der Waals surface area contributed by atoms with Crippen molar-refractivity contribution in [3.8, 4) is 0 Å². The molecule has 3 N–H and O–H groups in total. The molecule has 1 aromatic rings. The Labute approximate surface area is 110 Å². The van der Waals surface area contributed by atoms with E-state index in [0.717, 1.165) is 11.1 Å². The van der Waals surface area contributed by atoms with Crippen molar-refractivity contribution in [3.05, 3.63) is 35.4 Å². The molecule has 100 valence electrons. The molecule has 0 radical (unpaired) electrons. The summed E-state index contributed by atoms with van der Waals surface area (Å²) in [6, 6.07) is 7.60. The number of nitrogens with two attached hydrogens (primary N) is 1. The average molecular weight is 268 g/mol. The van der Waals surface area contributed by atoms with Crippen LogP contribution in [0, 0.1) is 0 Å². The molecule has 0 heterocycles. The van der Waals surface area contributed by atoms with Gasteiger partial charge in [0, 0.05) is 35.4 Å². The molecule has 0 fully saturated rings. The lowest BCUT2D eigenvalue weighted by atomic mass is 10.1. The van der Waals surface area contributed by atoms with E-state index in [-0.39, 0.29) is 11.9 Å². The van der Waals surface area contributed by atoms with E-state index < -0.39 is 10.8 Å². The van der Waals surface area contributed by atoms with Crippen LogP contribution in [0.5, 0.6) is 0 Å². The minimum absolute atomic E-state index is 0.0477. The van der Waals surface area contributed by atoms with Gasteiger partial charge in [0.25, 0.3) is 0 Å². The van der Waals surface area contributed by atoms with E-state index in [2.05, 4.69) is 5.32 Å². The molecule has 0 bridgehead atoms. The van der Waals surface area contributed by atoms with Crippen molar-refractivity contribution in [1.29, 1.82) is 0 Å². The number of benzene rings is 1. The second-order valence-electron chi connectivity index (χ2n) is 4.41. The van der Waals surface area contributed by atoms with Gasteiger partial charge in [0.2, 0.25) is 5.91 Å². The van der Waals surface area contributed by atoms with Gasteiger partial charge in [0.1, 0.15) is 0 Å². The first-order chi connectivity index (χ1) is 8.51. The lowest BCUT2D eigenvalue weighted by molar-refractivity contribution is -0.120. The third kappa shape index (κ3) is 5.42. The molecule has 5 heteroatoms. The van der Waals surface area contributed by atoms with Crippen LogP contribution >= 0.6 is 0 Å². The monoisotopic (exact) mass is 268 g/mol. The first-order valence-corrected chi connectivity index (χ1v) is 7.61. The van der Waals surface area contributed by atoms with Gasteiger partial charge in [0.15, 0.2) is 0 Å². The van der Waals surface area contributed by atoms with E-state index in [0.29, 0.717) is 18.7 Å². The van der Waals surface area contributed by atoms with E-state index in [9.17, 15) is 9.00 Å². The smallest absolute Gasteiger partial charge is 0.224 e. The Morgan fingerprint density at radius 1 is 1.33 bits per heavy atom. The Morgan fingerprint density at radius 2 is 1.89 bits per heavy atom. The van der Waals surface area contributed by atoms with Crippen LogP contribution in [0.15, 0.2) is 24.3 Å². The van der Waals surface area contributed by atoms with Crippen molar-refractivity contribution in [2.75, 3.05) is 12.0 Å². The fourth-order valence-electron chi connectivity index (χ4n) is 1.70. The van der Waals surface area contributed by atoms with E-state index >= 15 is 0 Å². The van der Waals surface area contributed by atoms with E-state index in [4.69, 9.17) is 5.73 Å². The molecular weight excluding hydrogens is 248 g/mol. The maximum atomic E-state index is 11.7. The average Bonchev–Trinajstić information content (AvgIpc) is 2.28. The van der Waals surface area contributed by atoms with Gasteiger partial charge in [-0.1, -0.05) is 24.3 Å². The number of hydrogen-bond donors (Lipinski definition) is 2. The third-order valence-electron chi connectivity index (χ3n) is 2.52. The number of carbonyl (C=O) groups is 1. The minimum Gasteiger partial charge on any atom is -0.352 e. The minimum atomic E-state index is -0.892. The maximum absolute atomic E-state index is 11.7. The Balaban J connectivity index is 2.46. The number of hydrogen-bond acceptors (Lipinski definition) is 3. The fraction of sp³-hybridized carbons (Fsp3) is 0.462. The number of rotatable bonds is 6. The molecule has 0 aromatic heterocycles. The van der Waals surface area contributed by atoms with Crippen molar-refractivity contribution in [3.63, 3.8) is 0 Å². The lowest BCUT2D eigenvalue weighted by Gasteiger charge is -2.12. The van der Waals surface area contributed by atoms with Crippen LogP contribution in [0.25, 0.3) is 0 Å². The molecule has 1 aromatic carbocycles. The van der Waals surface area contributed by atoms with Gasteiger partial charge >= 0.3 is 0 Å². The van der Waals surface area contributed by atoms with Crippen molar-refractivity contribution in [2.24, 2.45) is 5.73 Å². The van der Waals surface area contributed by atoms with Gasteiger partial charge in [0.05, 0.1) is 6.42 Å². The summed E-state index contributed by atoms with van der Waals surface area (Å²) in [5, 5.41) is 2.83. The molecule has 0 aliphatic rings. The van der Waals surface area contributed by atoms with Crippen molar-refractivity contribution >= 4 is 16.7 Å². The highest BCUT2D eigenvalue weighted by molar-refractivity contribution is 7.84. The number of nitrogens with one attached hydrogen (secondary N) is 1. The largest absolute Gasteiger partial charge is 0.352 e. The highest BCUT2D eigenvalue weighted by Crippen LogP contribution is 2.04. The number of amides is 1. The Hall–Kier alpha value is -1.20.